The lowest BCUT2D eigenvalue weighted by atomic mass is 9.96. The highest BCUT2D eigenvalue weighted by Crippen LogP contribution is 2.21. The third kappa shape index (κ3) is 3.64. The molecule has 0 aromatic carbocycles. The van der Waals surface area contributed by atoms with Crippen molar-refractivity contribution < 1.29 is 14.6 Å². The Morgan fingerprint density at radius 3 is 2.79 bits per heavy atom. The van der Waals surface area contributed by atoms with Crippen molar-refractivity contribution >= 4 is 5.97 Å². The van der Waals surface area contributed by atoms with Crippen molar-refractivity contribution in [1.29, 1.82) is 0 Å². The van der Waals surface area contributed by atoms with Gasteiger partial charge in [-0.2, -0.15) is 0 Å². The molecular weight excluding hydrogens is 182 g/mol. The Hall–Kier alpha value is -0.610. The molecule has 0 bridgehead atoms. The molecule has 1 aliphatic rings. The van der Waals surface area contributed by atoms with Crippen molar-refractivity contribution in [2.45, 2.75) is 44.8 Å². The second kappa shape index (κ2) is 5.98. The van der Waals surface area contributed by atoms with E-state index >= 15 is 0 Å². The predicted octanol–water partition coefficient (Wildman–Crippen LogP) is 1.01. The Bertz CT molecular complexity index is 180. The van der Waals surface area contributed by atoms with Crippen LogP contribution in [0.3, 0.4) is 0 Å². The molecule has 0 aliphatic heterocycles. The largest absolute Gasteiger partial charge is 0.480 e. The molecule has 1 fully saturated rings. The first-order valence-corrected chi connectivity index (χ1v) is 5.31. The SMILES string of the molecule is CCN[C@@H](CCOC1CCC1)C(=O)O. The number of aliphatic carboxylic acids is 1. The number of rotatable bonds is 7. The Labute approximate surface area is 84.6 Å². The van der Waals surface area contributed by atoms with Gasteiger partial charge in [0.25, 0.3) is 0 Å². The summed E-state index contributed by atoms with van der Waals surface area (Å²) >= 11 is 0. The van der Waals surface area contributed by atoms with Gasteiger partial charge < -0.3 is 15.2 Å². The monoisotopic (exact) mass is 201 g/mol. The van der Waals surface area contributed by atoms with Crippen molar-refractivity contribution in [2.75, 3.05) is 13.2 Å². The molecule has 0 aromatic heterocycles. The summed E-state index contributed by atoms with van der Waals surface area (Å²) in [6.45, 7) is 3.14. The molecule has 4 nitrogen and oxygen atoms in total. The minimum atomic E-state index is -0.788. The van der Waals surface area contributed by atoms with E-state index < -0.39 is 12.0 Å². The number of hydrogen-bond acceptors (Lipinski definition) is 3. The number of nitrogens with one attached hydrogen (secondary N) is 1. The van der Waals surface area contributed by atoms with Crippen LogP contribution in [0.5, 0.6) is 0 Å². The number of ether oxygens (including phenoxy) is 1. The van der Waals surface area contributed by atoms with Crippen molar-refractivity contribution in [3.05, 3.63) is 0 Å². The minimum absolute atomic E-state index is 0.395. The molecule has 0 radical (unpaired) electrons. The number of likely N-dealkylation sites (N-methyl/N-ethyl adjacent to an activating group) is 1. The summed E-state index contributed by atoms with van der Waals surface area (Å²) in [5, 5.41) is 11.7. The van der Waals surface area contributed by atoms with E-state index in [0.29, 0.717) is 25.7 Å². The minimum Gasteiger partial charge on any atom is -0.480 e. The van der Waals surface area contributed by atoms with Crippen LogP contribution in [0, 0.1) is 0 Å². The zero-order chi connectivity index (χ0) is 10.4. The third-order valence-corrected chi connectivity index (χ3v) is 2.56. The van der Waals surface area contributed by atoms with Crippen LogP contribution in [0.1, 0.15) is 32.6 Å². The van der Waals surface area contributed by atoms with Crippen LogP contribution in [0.15, 0.2) is 0 Å². The van der Waals surface area contributed by atoms with Crippen LogP contribution in [0.25, 0.3) is 0 Å². The lowest BCUT2D eigenvalue weighted by molar-refractivity contribution is -0.140. The molecule has 0 spiro atoms. The molecule has 1 rings (SSSR count). The number of carboxylic acid groups (broad SMARTS) is 1. The zero-order valence-corrected chi connectivity index (χ0v) is 8.66. The van der Waals surface area contributed by atoms with E-state index in [1.165, 1.54) is 6.42 Å². The summed E-state index contributed by atoms with van der Waals surface area (Å²) in [5.74, 6) is -0.788. The van der Waals surface area contributed by atoms with E-state index in [4.69, 9.17) is 9.84 Å². The Morgan fingerprint density at radius 1 is 1.64 bits per heavy atom. The molecule has 1 atom stereocenters. The molecule has 1 aliphatic carbocycles. The van der Waals surface area contributed by atoms with Crippen LogP contribution >= 0.6 is 0 Å². The van der Waals surface area contributed by atoms with Crippen LogP contribution in [-0.4, -0.2) is 36.4 Å². The maximum Gasteiger partial charge on any atom is 0.320 e. The molecule has 4 heteroatoms. The van der Waals surface area contributed by atoms with Gasteiger partial charge in [-0.15, -0.1) is 0 Å². The molecule has 0 heterocycles. The molecule has 0 saturated heterocycles. The Morgan fingerprint density at radius 2 is 2.36 bits per heavy atom. The van der Waals surface area contributed by atoms with Crippen LogP contribution in [0.4, 0.5) is 0 Å². The molecule has 0 amide bonds. The normalized spacial score (nSPS) is 18.9. The smallest absolute Gasteiger partial charge is 0.320 e. The fourth-order valence-electron chi connectivity index (χ4n) is 1.45. The van der Waals surface area contributed by atoms with Gasteiger partial charge in [0, 0.05) is 6.61 Å². The van der Waals surface area contributed by atoms with Crippen LogP contribution < -0.4 is 5.32 Å². The van der Waals surface area contributed by atoms with E-state index in [1.54, 1.807) is 0 Å². The van der Waals surface area contributed by atoms with Gasteiger partial charge in [-0.25, -0.2) is 0 Å². The average molecular weight is 201 g/mol. The fourth-order valence-corrected chi connectivity index (χ4v) is 1.45. The van der Waals surface area contributed by atoms with Crippen LogP contribution in [-0.2, 0) is 9.53 Å². The Balaban J connectivity index is 2.08. The molecule has 0 aromatic rings. The van der Waals surface area contributed by atoms with Crippen molar-refractivity contribution in [3.63, 3.8) is 0 Å². The van der Waals surface area contributed by atoms with E-state index in [-0.39, 0.29) is 0 Å². The van der Waals surface area contributed by atoms with Gasteiger partial charge in [-0.1, -0.05) is 6.92 Å². The highest BCUT2D eigenvalue weighted by Gasteiger charge is 2.20. The van der Waals surface area contributed by atoms with Gasteiger partial charge in [0.1, 0.15) is 6.04 Å². The van der Waals surface area contributed by atoms with Gasteiger partial charge in [0.2, 0.25) is 0 Å². The van der Waals surface area contributed by atoms with Gasteiger partial charge in [0.05, 0.1) is 6.10 Å². The summed E-state index contributed by atoms with van der Waals surface area (Å²) < 4.78 is 5.50. The standard InChI is InChI=1S/C10H19NO3/c1-2-11-9(10(12)13)6-7-14-8-4-3-5-8/h8-9,11H,2-7H2,1H3,(H,12,13)/t9-/m0/s1. The lowest BCUT2D eigenvalue weighted by Crippen LogP contribution is -2.38. The molecule has 0 unspecified atom stereocenters. The summed E-state index contributed by atoms with van der Waals surface area (Å²) in [6.07, 6.45) is 4.48. The summed E-state index contributed by atoms with van der Waals surface area (Å²) in [4.78, 5) is 10.7. The maximum atomic E-state index is 10.7. The first kappa shape index (κ1) is 11.5. The summed E-state index contributed by atoms with van der Waals surface area (Å²) in [6, 6.07) is -0.458. The van der Waals surface area contributed by atoms with Gasteiger partial charge >= 0.3 is 5.97 Å². The lowest BCUT2D eigenvalue weighted by Gasteiger charge is -2.26. The van der Waals surface area contributed by atoms with Gasteiger partial charge in [-0.05, 0) is 32.2 Å². The zero-order valence-electron chi connectivity index (χ0n) is 8.66. The van der Waals surface area contributed by atoms with Crippen molar-refractivity contribution in [2.24, 2.45) is 0 Å². The number of carbonyl (C=O) groups is 1. The number of hydrogen-bond donors (Lipinski definition) is 2. The second-order valence-corrected chi connectivity index (χ2v) is 3.66. The van der Waals surface area contributed by atoms with E-state index in [2.05, 4.69) is 5.32 Å². The molecule has 1 saturated carbocycles. The summed E-state index contributed by atoms with van der Waals surface area (Å²) in [5.41, 5.74) is 0. The average Bonchev–Trinajstić information content (AvgIpc) is 2.06. The van der Waals surface area contributed by atoms with Crippen molar-refractivity contribution in [1.82, 2.24) is 5.32 Å². The van der Waals surface area contributed by atoms with Gasteiger partial charge in [-0.3, -0.25) is 4.79 Å². The number of carboxylic acids is 1. The maximum absolute atomic E-state index is 10.7. The molecule has 2 N–H and O–H groups in total. The van der Waals surface area contributed by atoms with Crippen molar-refractivity contribution in [3.8, 4) is 0 Å². The predicted molar refractivity (Wildman–Crippen MR) is 53.3 cm³/mol. The topological polar surface area (TPSA) is 58.6 Å². The quantitative estimate of drug-likeness (QED) is 0.645. The van der Waals surface area contributed by atoms with Crippen LogP contribution in [0.2, 0.25) is 0 Å². The highest BCUT2D eigenvalue weighted by atomic mass is 16.5. The second-order valence-electron chi connectivity index (χ2n) is 3.66. The molecule has 14 heavy (non-hydrogen) atoms. The first-order chi connectivity index (χ1) is 6.74. The van der Waals surface area contributed by atoms with E-state index in [1.807, 2.05) is 6.92 Å². The fraction of sp³-hybridized carbons (Fsp3) is 0.900. The molecule has 82 valence electrons. The Kier molecular flexibility index (Phi) is 4.90. The summed E-state index contributed by atoms with van der Waals surface area (Å²) in [7, 11) is 0. The highest BCUT2D eigenvalue weighted by molar-refractivity contribution is 5.73. The first-order valence-electron chi connectivity index (χ1n) is 5.31. The third-order valence-electron chi connectivity index (χ3n) is 2.56. The van der Waals surface area contributed by atoms with Gasteiger partial charge in [0.15, 0.2) is 0 Å². The van der Waals surface area contributed by atoms with E-state index in [0.717, 1.165) is 12.8 Å². The molecular formula is C10H19NO3. The van der Waals surface area contributed by atoms with E-state index in [9.17, 15) is 4.79 Å².